The van der Waals surface area contributed by atoms with E-state index in [0.717, 1.165) is 22.6 Å². The van der Waals surface area contributed by atoms with Gasteiger partial charge in [-0.05, 0) is 30.5 Å². The number of aliphatic hydroxyl groups is 3. The molecule has 1 saturated heterocycles. The molecule has 5 atom stereocenters. The minimum Gasteiger partial charge on any atom is -0.479 e. The van der Waals surface area contributed by atoms with Crippen LogP contribution in [0.5, 0.6) is 5.75 Å². The highest BCUT2D eigenvalue weighted by molar-refractivity contribution is 6.13. The molecule has 2 aliphatic heterocycles. The van der Waals surface area contributed by atoms with Gasteiger partial charge in [0, 0.05) is 50.8 Å². The zero-order chi connectivity index (χ0) is 32.9. The van der Waals surface area contributed by atoms with Gasteiger partial charge in [-0.15, -0.1) is 0 Å². The van der Waals surface area contributed by atoms with Gasteiger partial charge in [-0.2, -0.15) is 0 Å². The van der Waals surface area contributed by atoms with Crippen LogP contribution in [0.4, 0.5) is 0 Å². The number of ether oxygens (including phenoxy) is 5. The summed E-state index contributed by atoms with van der Waals surface area (Å²) in [6.45, 7) is 2.64. The standard InChI is InChI=1S/C29H38N2O14/c1-17(32)43-16-19-15-18(4-5-20(19)44-29-26(38)24(36)25(37)27(45-29)28(39)40)3-2-11-41-13-14-42-12-9-30-21(33)8-10-31-22(34)6-7-23(31)35/h4-7,15,24-27,29,36-38H,2-3,8-14,16H2,1H3,(H,30,33)(H,39,40)/t24-,25-,26+,27-,29+/m0/s1. The molecule has 0 radical (unpaired) electrons. The molecular weight excluding hydrogens is 600 g/mol. The molecule has 248 valence electrons. The molecule has 0 bridgehead atoms. The number of aliphatic hydroxyl groups excluding tert-OH is 3. The average Bonchev–Trinajstić information content (AvgIpc) is 3.32. The lowest BCUT2D eigenvalue weighted by atomic mass is 9.99. The summed E-state index contributed by atoms with van der Waals surface area (Å²) in [6, 6.07) is 4.97. The van der Waals surface area contributed by atoms with Gasteiger partial charge in [0.1, 0.15) is 30.7 Å². The molecule has 0 aliphatic carbocycles. The quantitative estimate of drug-likeness (QED) is 0.0695. The summed E-state index contributed by atoms with van der Waals surface area (Å²) in [5.41, 5.74) is 1.25. The number of imide groups is 1. The molecule has 16 heteroatoms. The van der Waals surface area contributed by atoms with Crippen LogP contribution in [0.1, 0.15) is 30.9 Å². The van der Waals surface area contributed by atoms with Crippen LogP contribution >= 0.6 is 0 Å². The highest BCUT2D eigenvalue weighted by Crippen LogP contribution is 2.28. The van der Waals surface area contributed by atoms with Crippen LogP contribution < -0.4 is 10.1 Å². The van der Waals surface area contributed by atoms with E-state index in [1.54, 1.807) is 12.1 Å². The summed E-state index contributed by atoms with van der Waals surface area (Å²) in [5.74, 6) is -3.14. The lowest BCUT2D eigenvalue weighted by Crippen LogP contribution is -2.61. The van der Waals surface area contributed by atoms with Crippen molar-refractivity contribution in [3.05, 3.63) is 41.5 Å². The number of carboxylic acids is 1. The summed E-state index contributed by atoms with van der Waals surface area (Å²) in [6.07, 6.45) is -5.33. The molecule has 16 nitrogen and oxygen atoms in total. The Hall–Kier alpha value is -3.93. The van der Waals surface area contributed by atoms with E-state index in [2.05, 4.69) is 5.32 Å². The maximum absolute atomic E-state index is 11.9. The molecule has 0 saturated carbocycles. The Labute approximate surface area is 258 Å². The molecule has 0 unspecified atom stereocenters. The van der Waals surface area contributed by atoms with Crippen molar-refractivity contribution in [2.24, 2.45) is 0 Å². The number of aryl methyl sites for hydroxylation is 1. The predicted octanol–water partition coefficient (Wildman–Crippen LogP) is -1.58. The summed E-state index contributed by atoms with van der Waals surface area (Å²) in [7, 11) is 0. The van der Waals surface area contributed by atoms with Gasteiger partial charge in [0.15, 0.2) is 6.10 Å². The van der Waals surface area contributed by atoms with Gasteiger partial charge in [0.25, 0.3) is 11.8 Å². The molecule has 3 rings (SSSR count). The van der Waals surface area contributed by atoms with Crippen molar-refractivity contribution in [2.75, 3.05) is 39.5 Å². The number of esters is 1. The van der Waals surface area contributed by atoms with E-state index < -0.39 is 54.5 Å². The van der Waals surface area contributed by atoms with Crippen LogP contribution in [0.2, 0.25) is 0 Å². The van der Waals surface area contributed by atoms with Gasteiger partial charge < -0.3 is 49.4 Å². The number of benzene rings is 1. The smallest absolute Gasteiger partial charge is 0.335 e. The second-order valence-corrected chi connectivity index (χ2v) is 10.2. The maximum Gasteiger partial charge on any atom is 0.335 e. The van der Waals surface area contributed by atoms with E-state index in [0.29, 0.717) is 38.2 Å². The number of carbonyl (C=O) groups excluding carboxylic acids is 4. The zero-order valence-electron chi connectivity index (χ0n) is 24.7. The second-order valence-electron chi connectivity index (χ2n) is 10.2. The molecule has 5 N–H and O–H groups in total. The van der Waals surface area contributed by atoms with Crippen LogP contribution in [0.3, 0.4) is 0 Å². The molecule has 2 aliphatic rings. The average molecular weight is 639 g/mol. The summed E-state index contributed by atoms with van der Waals surface area (Å²) in [5, 5.41) is 42.1. The normalized spacial score (nSPS) is 22.8. The van der Waals surface area contributed by atoms with Gasteiger partial charge >= 0.3 is 11.9 Å². The van der Waals surface area contributed by atoms with E-state index in [4.69, 9.17) is 23.7 Å². The molecule has 1 aromatic carbocycles. The number of hydrogen-bond acceptors (Lipinski definition) is 13. The van der Waals surface area contributed by atoms with E-state index in [9.17, 15) is 44.4 Å². The van der Waals surface area contributed by atoms with Crippen molar-refractivity contribution in [2.45, 2.75) is 63.5 Å². The number of amides is 3. The zero-order valence-corrected chi connectivity index (χ0v) is 24.7. The van der Waals surface area contributed by atoms with Crippen LogP contribution in [-0.4, -0.2) is 125 Å². The molecule has 2 heterocycles. The first-order valence-electron chi connectivity index (χ1n) is 14.3. The molecular formula is C29H38N2O14. The third-order valence-corrected chi connectivity index (χ3v) is 6.77. The van der Waals surface area contributed by atoms with Crippen molar-refractivity contribution < 1.29 is 68.1 Å². The Morgan fingerprint density at radius 3 is 2.31 bits per heavy atom. The van der Waals surface area contributed by atoms with Crippen molar-refractivity contribution in [1.29, 1.82) is 0 Å². The van der Waals surface area contributed by atoms with Crippen molar-refractivity contribution in [3.63, 3.8) is 0 Å². The Bertz CT molecular complexity index is 1220. The highest BCUT2D eigenvalue weighted by atomic mass is 16.7. The first kappa shape index (κ1) is 35.5. The van der Waals surface area contributed by atoms with Crippen LogP contribution in [0.25, 0.3) is 0 Å². The van der Waals surface area contributed by atoms with Crippen molar-refractivity contribution >= 4 is 29.7 Å². The van der Waals surface area contributed by atoms with E-state index >= 15 is 0 Å². The highest BCUT2D eigenvalue weighted by Gasteiger charge is 2.48. The summed E-state index contributed by atoms with van der Waals surface area (Å²) < 4.78 is 26.9. The van der Waals surface area contributed by atoms with Gasteiger partial charge in [0.2, 0.25) is 12.2 Å². The summed E-state index contributed by atoms with van der Waals surface area (Å²) >= 11 is 0. The van der Waals surface area contributed by atoms with Gasteiger partial charge in [-0.3, -0.25) is 24.1 Å². The van der Waals surface area contributed by atoms with Crippen LogP contribution in [0.15, 0.2) is 30.4 Å². The first-order valence-corrected chi connectivity index (χ1v) is 14.3. The SMILES string of the molecule is CC(=O)OCc1cc(CCCOCCOCCNC(=O)CCN2C(=O)C=CC2=O)ccc1O[C@@H]1O[C@H](C(=O)O)[C@@H](O)[C@H](O)[C@H]1O. The van der Waals surface area contributed by atoms with Gasteiger partial charge in [-0.1, -0.05) is 6.07 Å². The third kappa shape index (κ3) is 10.9. The molecule has 0 spiro atoms. The maximum atomic E-state index is 11.9. The number of nitrogens with zero attached hydrogens (tertiary/aromatic N) is 1. The topological polar surface area (TPSA) is 228 Å². The fourth-order valence-corrected chi connectivity index (χ4v) is 4.39. The van der Waals surface area contributed by atoms with Crippen molar-refractivity contribution in [3.8, 4) is 5.75 Å². The van der Waals surface area contributed by atoms with Gasteiger partial charge in [-0.25, -0.2) is 4.79 Å². The molecule has 1 aromatic rings. The van der Waals surface area contributed by atoms with E-state index in [1.165, 1.54) is 13.0 Å². The monoisotopic (exact) mass is 638 g/mol. The summed E-state index contributed by atoms with van der Waals surface area (Å²) in [4.78, 5) is 58.6. The largest absolute Gasteiger partial charge is 0.479 e. The minimum atomic E-state index is -1.86. The minimum absolute atomic E-state index is 0.00365. The van der Waals surface area contributed by atoms with E-state index in [-0.39, 0.29) is 44.4 Å². The lowest BCUT2D eigenvalue weighted by molar-refractivity contribution is -0.271. The number of hydrogen-bond donors (Lipinski definition) is 5. The Balaban J connectivity index is 1.35. The second kappa shape index (κ2) is 17.5. The third-order valence-electron chi connectivity index (χ3n) is 6.77. The molecule has 45 heavy (non-hydrogen) atoms. The molecule has 3 amide bonds. The number of carboxylic acid groups (broad SMARTS) is 1. The fourth-order valence-electron chi connectivity index (χ4n) is 4.39. The Morgan fingerprint density at radius 2 is 1.64 bits per heavy atom. The number of rotatable bonds is 18. The first-order chi connectivity index (χ1) is 21.5. The number of aliphatic carboxylic acids is 1. The van der Waals surface area contributed by atoms with Crippen molar-refractivity contribution in [1.82, 2.24) is 10.2 Å². The number of carbonyl (C=O) groups is 5. The molecule has 0 aromatic heterocycles. The predicted molar refractivity (Wildman–Crippen MR) is 150 cm³/mol. The van der Waals surface area contributed by atoms with Crippen LogP contribution in [-0.2, 0) is 55.9 Å². The molecule has 1 fully saturated rings. The Kier molecular flexibility index (Phi) is 13.8. The van der Waals surface area contributed by atoms with Crippen LogP contribution in [0, 0.1) is 0 Å². The fraction of sp³-hybridized carbons (Fsp3) is 0.552. The Morgan fingerprint density at radius 1 is 0.956 bits per heavy atom. The number of nitrogens with one attached hydrogen (secondary N) is 1. The van der Waals surface area contributed by atoms with Gasteiger partial charge in [0.05, 0.1) is 19.8 Å². The lowest BCUT2D eigenvalue weighted by Gasteiger charge is -2.38. The van der Waals surface area contributed by atoms with E-state index in [1.807, 2.05) is 0 Å².